The molecule has 0 rings (SSSR count). The largest absolute Gasteiger partial charge is 0.317 e. The summed E-state index contributed by atoms with van der Waals surface area (Å²) in [7, 11) is -0.888. The zero-order valence-corrected chi connectivity index (χ0v) is 14.6. The lowest BCUT2D eigenvalue weighted by molar-refractivity contribution is 0.468. The van der Waals surface area contributed by atoms with Crippen LogP contribution >= 0.6 is 0 Å². The lowest BCUT2D eigenvalue weighted by atomic mass is 10.0. The summed E-state index contributed by atoms with van der Waals surface area (Å²) in [6.45, 7) is 2.25. The number of sulfone groups is 1. The molecule has 122 valence electrons. The van der Waals surface area contributed by atoms with E-state index >= 15 is 0 Å². The van der Waals surface area contributed by atoms with Gasteiger partial charge in [0.1, 0.15) is 9.84 Å². The summed E-state index contributed by atoms with van der Waals surface area (Å²) in [4.78, 5) is 0. The summed E-state index contributed by atoms with van der Waals surface area (Å²) < 4.78 is 22.3. The molecule has 0 heterocycles. The van der Waals surface area contributed by atoms with Crippen molar-refractivity contribution in [1.29, 1.82) is 0 Å². The summed E-state index contributed by atoms with van der Waals surface area (Å²) in [6.07, 6.45) is 15.2. The molecule has 0 aliphatic carbocycles. The highest BCUT2D eigenvalue weighted by Gasteiger charge is 2.09. The van der Waals surface area contributed by atoms with E-state index in [-0.39, 0.29) is 0 Å². The van der Waals surface area contributed by atoms with Crippen molar-refractivity contribution < 1.29 is 8.42 Å². The molecule has 20 heavy (non-hydrogen) atoms. The molecule has 0 spiro atoms. The van der Waals surface area contributed by atoms with Crippen molar-refractivity contribution in [2.45, 2.75) is 83.6 Å². The van der Waals surface area contributed by atoms with Gasteiger partial charge in [0, 0.05) is 12.3 Å². The number of hydrogen-bond acceptors (Lipinski definition) is 3. The second kappa shape index (κ2) is 12.6. The van der Waals surface area contributed by atoms with Crippen LogP contribution in [0.1, 0.15) is 77.6 Å². The van der Waals surface area contributed by atoms with Crippen LogP contribution in [0.5, 0.6) is 0 Å². The number of unbranched alkanes of at least 4 members (excludes halogenated alkanes) is 8. The molecule has 0 fully saturated rings. The Morgan fingerprint density at radius 3 is 1.80 bits per heavy atom. The van der Waals surface area contributed by atoms with Crippen molar-refractivity contribution in [2.75, 3.05) is 19.1 Å². The van der Waals surface area contributed by atoms with Crippen LogP contribution in [-0.2, 0) is 9.84 Å². The average Bonchev–Trinajstić information content (AvgIpc) is 2.39. The van der Waals surface area contributed by atoms with Crippen LogP contribution in [0.15, 0.2) is 0 Å². The van der Waals surface area contributed by atoms with Crippen LogP contribution in [0.3, 0.4) is 0 Å². The molecule has 3 nitrogen and oxygen atoms in total. The molecule has 0 bridgehead atoms. The van der Waals surface area contributed by atoms with Crippen LogP contribution in [0.4, 0.5) is 0 Å². The summed E-state index contributed by atoms with van der Waals surface area (Å²) in [6, 6.07) is 0.356. The van der Waals surface area contributed by atoms with Crippen molar-refractivity contribution in [3.8, 4) is 0 Å². The maximum absolute atomic E-state index is 11.1. The lowest BCUT2D eigenvalue weighted by Crippen LogP contribution is -2.27. The maximum Gasteiger partial charge on any atom is 0.147 e. The molecule has 0 amide bonds. The average molecular weight is 306 g/mol. The number of hydrogen-bond donors (Lipinski definition) is 1. The van der Waals surface area contributed by atoms with Crippen LogP contribution in [0, 0.1) is 0 Å². The fourth-order valence-electron chi connectivity index (χ4n) is 2.49. The molecular formula is C16H35NO2S. The molecule has 0 saturated heterocycles. The van der Waals surface area contributed by atoms with Gasteiger partial charge in [-0.1, -0.05) is 64.7 Å². The van der Waals surface area contributed by atoms with E-state index in [2.05, 4.69) is 12.2 Å². The first-order chi connectivity index (χ1) is 9.49. The van der Waals surface area contributed by atoms with Gasteiger partial charge >= 0.3 is 0 Å². The summed E-state index contributed by atoms with van der Waals surface area (Å²) >= 11 is 0. The Hall–Kier alpha value is -0.0900. The van der Waals surface area contributed by atoms with Gasteiger partial charge in [0.15, 0.2) is 0 Å². The monoisotopic (exact) mass is 305 g/mol. The van der Waals surface area contributed by atoms with Crippen molar-refractivity contribution in [3.63, 3.8) is 0 Å². The molecule has 0 aliphatic rings. The van der Waals surface area contributed by atoms with Crippen LogP contribution < -0.4 is 5.32 Å². The molecule has 0 aromatic heterocycles. The Kier molecular flexibility index (Phi) is 12.6. The highest BCUT2D eigenvalue weighted by atomic mass is 32.2. The summed E-state index contributed by atoms with van der Waals surface area (Å²) in [5.41, 5.74) is 0. The van der Waals surface area contributed by atoms with Crippen molar-refractivity contribution in [1.82, 2.24) is 5.32 Å². The molecule has 1 N–H and O–H groups in total. The van der Waals surface area contributed by atoms with E-state index in [1.54, 1.807) is 0 Å². The Labute approximate surface area is 126 Å². The van der Waals surface area contributed by atoms with Crippen LogP contribution in [-0.4, -0.2) is 33.5 Å². The van der Waals surface area contributed by atoms with E-state index in [9.17, 15) is 8.42 Å². The maximum atomic E-state index is 11.1. The molecule has 0 saturated carbocycles. The molecule has 0 aromatic carbocycles. The molecule has 4 heteroatoms. The molecular weight excluding hydrogens is 270 g/mol. The summed E-state index contributed by atoms with van der Waals surface area (Å²) in [5.74, 6) is 0.302. The minimum absolute atomic E-state index is 0.302. The zero-order chi connectivity index (χ0) is 15.3. The van der Waals surface area contributed by atoms with Gasteiger partial charge in [-0.05, 0) is 19.9 Å². The fourth-order valence-corrected chi connectivity index (χ4v) is 3.20. The first-order valence-corrected chi connectivity index (χ1v) is 10.4. The third-order valence-corrected chi connectivity index (χ3v) is 4.88. The SMILES string of the molecule is CCCCCCCCCCCC(CCS(C)(=O)=O)NC. The highest BCUT2D eigenvalue weighted by molar-refractivity contribution is 7.90. The summed E-state index contributed by atoms with van der Waals surface area (Å²) in [5, 5.41) is 3.24. The number of rotatable bonds is 14. The first kappa shape index (κ1) is 19.9. The zero-order valence-electron chi connectivity index (χ0n) is 13.8. The molecule has 1 unspecified atom stereocenters. The van der Waals surface area contributed by atoms with Crippen molar-refractivity contribution >= 4 is 9.84 Å². The highest BCUT2D eigenvalue weighted by Crippen LogP contribution is 2.12. The van der Waals surface area contributed by atoms with Gasteiger partial charge in [-0.25, -0.2) is 8.42 Å². The quantitative estimate of drug-likeness (QED) is 0.495. The van der Waals surface area contributed by atoms with Gasteiger partial charge < -0.3 is 5.32 Å². The molecule has 0 aromatic rings. The molecule has 0 radical (unpaired) electrons. The fraction of sp³-hybridized carbons (Fsp3) is 1.00. The van der Waals surface area contributed by atoms with E-state index in [1.165, 1.54) is 64.0 Å². The molecule has 0 aliphatic heterocycles. The van der Waals surface area contributed by atoms with Gasteiger partial charge in [0.05, 0.1) is 5.75 Å². The van der Waals surface area contributed by atoms with E-state index in [0.29, 0.717) is 11.8 Å². The third kappa shape index (κ3) is 14.3. The van der Waals surface area contributed by atoms with E-state index < -0.39 is 9.84 Å². The van der Waals surface area contributed by atoms with Gasteiger partial charge in [-0.2, -0.15) is 0 Å². The Morgan fingerprint density at radius 2 is 1.35 bits per heavy atom. The number of nitrogens with one attached hydrogen (secondary N) is 1. The second-order valence-corrected chi connectivity index (χ2v) is 8.28. The van der Waals surface area contributed by atoms with E-state index in [0.717, 1.165) is 12.8 Å². The van der Waals surface area contributed by atoms with Crippen molar-refractivity contribution in [2.24, 2.45) is 0 Å². The minimum atomic E-state index is -2.82. The van der Waals surface area contributed by atoms with Crippen LogP contribution in [0.2, 0.25) is 0 Å². The van der Waals surface area contributed by atoms with Gasteiger partial charge in [-0.3, -0.25) is 0 Å². The Balaban J connectivity index is 3.42. The normalized spacial score (nSPS) is 13.6. The van der Waals surface area contributed by atoms with Gasteiger partial charge in [0.25, 0.3) is 0 Å². The van der Waals surface area contributed by atoms with Gasteiger partial charge in [-0.15, -0.1) is 0 Å². The predicted molar refractivity (Wildman–Crippen MR) is 89.0 cm³/mol. The minimum Gasteiger partial charge on any atom is -0.317 e. The standard InChI is InChI=1S/C16H35NO2S/c1-4-5-6-7-8-9-10-11-12-13-16(17-2)14-15-20(3,18)19/h16-17H,4-15H2,1-3H3. The topological polar surface area (TPSA) is 46.2 Å². The lowest BCUT2D eigenvalue weighted by Gasteiger charge is -2.15. The third-order valence-electron chi connectivity index (χ3n) is 3.90. The van der Waals surface area contributed by atoms with Crippen molar-refractivity contribution in [3.05, 3.63) is 0 Å². The van der Waals surface area contributed by atoms with E-state index in [4.69, 9.17) is 0 Å². The Morgan fingerprint density at radius 1 is 0.850 bits per heavy atom. The second-order valence-electron chi connectivity index (χ2n) is 6.02. The molecule has 1 atom stereocenters. The Bertz CT molecular complexity index is 302. The first-order valence-electron chi connectivity index (χ1n) is 8.34. The van der Waals surface area contributed by atoms with Gasteiger partial charge in [0.2, 0.25) is 0 Å². The van der Waals surface area contributed by atoms with Crippen LogP contribution in [0.25, 0.3) is 0 Å². The van der Waals surface area contributed by atoms with E-state index in [1.807, 2.05) is 7.05 Å². The predicted octanol–water partition coefficient (Wildman–Crippen LogP) is 3.93. The smallest absolute Gasteiger partial charge is 0.147 e.